The van der Waals surface area contributed by atoms with Crippen molar-refractivity contribution in [3.8, 4) is 0 Å². The van der Waals surface area contributed by atoms with Crippen LogP contribution in [0.25, 0.3) is 0 Å². The van der Waals surface area contributed by atoms with Crippen molar-refractivity contribution in [2.45, 2.75) is 10.1 Å². The Labute approximate surface area is 104 Å². The van der Waals surface area contributed by atoms with Gasteiger partial charge in [-0.15, -0.1) is 0 Å². The van der Waals surface area contributed by atoms with E-state index >= 15 is 0 Å². The molecule has 0 spiro atoms. The highest BCUT2D eigenvalue weighted by Crippen LogP contribution is 2.31. The lowest BCUT2D eigenvalue weighted by Crippen LogP contribution is -2.08. The van der Waals surface area contributed by atoms with Crippen LogP contribution in [0.5, 0.6) is 0 Å². The molecule has 0 fully saturated rings. The Morgan fingerprint density at radius 3 is 2.94 bits per heavy atom. The van der Waals surface area contributed by atoms with Gasteiger partial charge in [-0.05, 0) is 39.8 Å². The Balaban J connectivity index is 2.38. The summed E-state index contributed by atoms with van der Waals surface area (Å²) in [5.41, 5.74) is 6.07. The molecule has 0 aliphatic carbocycles. The Bertz CT molecular complexity index is 571. The van der Waals surface area contributed by atoms with E-state index in [1.54, 1.807) is 18.3 Å². The van der Waals surface area contributed by atoms with Crippen LogP contribution in [0.2, 0.25) is 0 Å². The molecule has 0 atom stereocenters. The lowest BCUT2D eigenvalue weighted by Gasteiger charge is -2.03. The van der Waals surface area contributed by atoms with Crippen molar-refractivity contribution in [2.75, 3.05) is 5.73 Å². The normalized spacial score (nSPS) is 10.3. The van der Waals surface area contributed by atoms with Gasteiger partial charge in [0.1, 0.15) is 14.5 Å². The van der Waals surface area contributed by atoms with E-state index in [2.05, 4.69) is 30.9 Å². The predicted octanol–water partition coefficient (Wildman–Crippen LogP) is 1.66. The number of nitrogens with one attached hydrogen (secondary N) is 1. The van der Waals surface area contributed by atoms with Crippen molar-refractivity contribution >= 4 is 33.4 Å². The van der Waals surface area contributed by atoms with Gasteiger partial charge >= 0.3 is 0 Å². The number of pyridine rings is 1. The number of halogens is 1. The lowest BCUT2D eigenvalue weighted by atomic mass is 10.4. The summed E-state index contributed by atoms with van der Waals surface area (Å²) in [6.07, 6.45) is 2.98. The first-order valence-electron chi connectivity index (χ1n) is 4.30. The van der Waals surface area contributed by atoms with Crippen LogP contribution < -0.4 is 11.3 Å². The Hall–Kier alpha value is -1.34. The van der Waals surface area contributed by atoms with Gasteiger partial charge in [0.15, 0.2) is 0 Å². The van der Waals surface area contributed by atoms with E-state index in [0.717, 1.165) is 0 Å². The third kappa shape index (κ3) is 2.25. The zero-order valence-electron chi connectivity index (χ0n) is 7.98. The second-order valence-electron chi connectivity index (χ2n) is 2.85. The van der Waals surface area contributed by atoms with E-state index in [9.17, 15) is 4.79 Å². The summed E-state index contributed by atoms with van der Waals surface area (Å²) in [7, 11) is 0. The zero-order chi connectivity index (χ0) is 11.5. The molecular formula is C9H7BrN4OS. The van der Waals surface area contributed by atoms with Crippen molar-refractivity contribution in [2.24, 2.45) is 0 Å². The third-order valence-electron chi connectivity index (χ3n) is 1.76. The minimum absolute atomic E-state index is 0.230. The van der Waals surface area contributed by atoms with Crippen molar-refractivity contribution in [3.63, 3.8) is 0 Å². The van der Waals surface area contributed by atoms with E-state index < -0.39 is 0 Å². The van der Waals surface area contributed by atoms with Crippen LogP contribution in [0.4, 0.5) is 5.69 Å². The molecule has 2 aromatic rings. The van der Waals surface area contributed by atoms with E-state index in [1.807, 2.05) is 0 Å². The summed E-state index contributed by atoms with van der Waals surface area (Å²) in [6.45, 7) is 0. The van der Waals surface area contributed by atoms with E-state index in [4.69, 9.17) is 5.73 Å². The maximum atomic E-state index is 11.3. The largest absolute Gasteiger partial charge is 0.397 e. The first-order valence-corrected chi connectivity index (χ1v) is 5.91. The molecule has 5 nitrogen and oxygen atoms in total. The Morgan fingerprint density at radius 2 is 2.19 bits per heavy atom. The Morgan fingerprint density at radius 1 is 1.38 bits per heavy atom. The molecule has 0 amide bonds. The van der Waals surface area contributed by atoms with Crippen molar-refractivity contribution in [1.29, 1.82) is 0 Å². The molecule has 0 saturated carbocycles. The van der Waals surface area contributed by atoms with Crippen LogP contribution in [0, 0.1) is 0 Å². The van der Waals surface area contributed by atoms with Crippen LogP contribution in [0.15, 0.2) is 44.0 Å². The molecule has 0 aromatic carbocycles. The van der Waals surface area contributed by atoms with Crippen molar-refractivity contribution in [1.82, 2.24) is 15.0 Å². The smallest absolute Gasteiger partial charge is 0.266 e. The van der Waals surface area contributed by atoms with Gasteiger partial charge < -0.3 is 10.7 Å². The number of nitrogens with two attached hydrogens (primary N) is 1. The van der Waals surface area contributed by atoms with Gasteiger partial charge in [0.2, 0.25) is 0 Å². The van der Waals surface area contributed by atoms with Gasteiger partial charge in [-0.3, -0.25) is 4.79 Å². The van der Waals surface area contributed by atoms with E-state index in [1.165, 1.54) is 18.1 Å². The minimum Gasteiger partial charge on any atom is -0.397 e. The molecule has 0 radical (unpaired) electrons. The summed E-state index contributed by atoms with van der Waals surface area (Å²) in [6, 6.07) is 3.50. The molecule has 16 heavy (non-hydrogen) atoms. The summed E-state index contributed by atoms with van der Waals surface area (Å²) in [5.74, 6) is 0. The van der Waals surface area contributed by atoms with Gasteiger partial charge in [-0.25, -0.2) is 9.97 Å². The van der Waals surface area contributed by atoms with Gasteiger partial charge in [0, 0.05) is 6.20 Å². The average molecular weight is 299 g/mol. The van der Waals surface area contributed by atoms with Crippen LogP contribution in [-0.4, -0.2) is 15.0 Å². The van der Waals surface area contributed by atoms with Crippen LogP contribution >= 0.6 is 27.7 Å². The molecule has 2 heterocycles. The number of aromatic nitrogens is 3. The maximum Gasteiger partial charge on any atom is 0.266 e. The van der Waals surface area contributed by atoms with Gasteiger partial charge in [0.05, 0.1) is 12.0 Å². The van der Waals surface area contributed by atoms with Crippen LogP contribution in [0.1, 0.15) is 0 Å². The Kier molecular flexibility index (Phi) is 3.25. The molecule has 2 rings (SSSR count). The van der Waals surface area contributed by atoms with Crippen LogP contribution in [-0.2, 0) is 0 Å². The number of anilines is 1. The first kappa shape index (κ1) is 11.2. The van der Waals surface area contributed by atoms with Gasteiger partial charge in [0.25, 0.3) is 5.56 Å². The first-order chi connectivity index (χ1) is 7.68. The molecule has 0 saturated heterocycles. The van der Waals surface area contributed by atoms with Gasteiger partial charge in [-0.1, -0.05) is 0 Å². The maximum absolute atomic E-state index is 11.3. The third-order valence-corrected chi connectivity index (χ3v) is 3.79. The fourth-order valence-corrected chi connectivity index (χ4v) is 2.25. The number of hydrogen-bond acceptors (Lipinski definition) is 5. The molecule has 82 valence electrons. The fourth-order valence-electron chi connectivity index (χ4n) is 1.02. The SMILES string of the molecule is Nc1cccnc1Sc1nc[nH]c(=O)c1Br. The van der Waals surface area contributed by atoms with Gasteiger partial charge in [-0.2, -0.15) is 0 Å². The number of H-pyrrole nitrogens is 1. The van der Waals surface area contributed by atoms with Crippen molar-refractivity contribution in [3.05, 3.63) is 39.5 Å². The molecular weight excluding hydrogens is 292 g/mol. The van der Waals surface area contributed by atoms with E-state index in [-0.39, 0.29) is 5.56 Å². The summed E-state index contributed by atoms with van der Waals surface area (Å²) >= 11 is 4.41. The summed E-state index contributed by atoms with van der Waals surface area (Å²) in [4.78, 5) is 21.9. The molecule has 0 aliphatic heterocycles. The fraction of sp³-hybridized carbons (Fsp3) is 0. The van der Waals surface area contributed by atoms with Crippen molar-refractivity contribution < 1.29 is 0 Å². The number of rotatable bonds is 2. The average Bonchev–Trinajstić information content (AvgIpc) is 2.28. The molecule has 2 aromatic heterocycles. The lowest BCUT2D eigenvalue weighted by molar-refractivity contribution is 0.985. The number of aromatic amines is 1. The molecule has 0 bridgehead atoms. The molecule has 0 aliphatic rings. The summed E-state index contributed by atoms with van der Waals surface area (Å²) < 4.78 is 0.380. The molecule has 0 unspecified atom stereocenters. The van der Waals surface area contributed by atoms with Crippen LogP contribution in [0.3, 0.4) is 0 Å². The summed E-state index contributed by atoms with van der Waals surface area (Å²) in [5, 5.41) is 1.16. The highest BCUT2D eigenvalue weighted by molar-refractivity contribution is 9.10. The van der Waals surface area contributed by atoms with E-state index in [0.29, 0.717) is 20.2 Å². The minimum atomic E-state index is -0.230. The highest BCUT2D eigenvalue weighted by Gasteiger charge is 2.09. The second-order valence-corrected chi connectivity index (χ2v) is 4.62. The topological polar surface area (TPSA) is 84.7 Å². The highest BCUT2D eigenvalue weighted by atomic mass is 79.9. The number of hydrogen-bond donors (Lipinski definition) is 2. The molecule has 3 N–H and O–H groups in total. The number of nitrogen functional groups attached to an aromatic ring is 1. The monoisotopic (exact) mass is 298 g/mol. The quantitative estimate of drug-likeness (QED) is 0.824. The standard InChI is InChI=1S/C9H7BrN4OS/c10-6-7(15)13-4-14-9(6)16-8-5(11)2-1-3-12-8/h1-4H,11H2,(H,13,14,15). The predicted molar refractivity (Wildman–Crippen MR) is 65.3 cm³/mol. The second kappa shape index (κ2) is 4.67. The molecule has 7 heteroatoms. The number of nitrogens with zero attached hydrogens (tertiary/aromatic N) is 2. The zero-order valence-corrected chi connectivity index (χ0v) is 10.4.